The van der Waals surface area contributed by atoms with Gasteiger partial charge in [-0.15, -0.1) is 0 Å². The first-order valence-electron chi connectivity index (χ1n) is 8.81. The summed E-state index contributed by atoms with van der Waals surface area (Å²) in [6.45, 7) is 12.0. The molecule has 0 aromatic heterocycles. The van der Waals surface area contributed by atoms with Crippen molar-refractivity contribution < 1.29 is 4.79 Å². The van der Waals surface area contributed by atoms with Gasteiger partial charge in [0.1, 0.15) is 5.78 Å². The molecule has 0 aromatic carbocycles. The van der Waals surface area contributed by atoms with Crippen molar-refractivity contribution in [2.24, 2.45) is 11.7 Å². The maximum absolute atomic E-state index is 11.5. The van der Waals surface area contributed by atoms with Crippen molar-refractivity contribution in [1.29, 1.82) is 0 Å². The summed E-state index contributed by atoms with van der Waals surface area (Å²) in [5, 5.41) is 0. The minimum atomic E-state index is 0.209. The lowest BCUT2D eigenvalue weighted by atomic mass is 10.0. The highest BCUT2D eigenvalue weighted by molar-refractivity contribution is 5.80. The third-order valence-electron chi connectivity index (χ3n) is 4.43. The first-order chi connectivity index (χ1) is 10.1. The van der Waals surface area contributed by atoms with E-state index in [1.54, 1.807) is 0 Å². The lowest BCUT2D eigenvalue weighted by Gasteiger charge is -2.34. The normalized spacial score (nSPS) is 17.5. The Morgan fingerprint density at radius 1 is 0.905 bits per heavy atom. The van der Waals surface area contributed by atoms with Crippen LogP contribution in [0, 0.1) is 5.92 Å². The number of carbonyl (C=O) groups is 1. The van der Waals surface area contributed by atoms with E-state index in [9.17, 15) is 4.79 Å². The van der Waals surface area contributed by atoms with E-state index in [4.69, 9.17) is 5.73 Å². The first kappa shape index (κ1) is 18.6. The minimum absolute atomic E-state index is 0.209. The molecule has 0 saturated carbocycles. The van der Waals surface area contributed by atoms with Crippen LogP contribution in [0.2, 0.25) is 0 Å². The van der Waals surface area contributed by atoms with Crippen LogP contribution in [0.25, 0.3) is 0 Å². The molecule has 124 valence electrons. The highest BCUT2D eigenvalue weighted by Gasteiger charge is 2.15. The van der Waals surface area contributed by atoms with Gasteiger partial charge in [-0.2, -0.15) is 0 Å². The summed E-state index contributed by atoms with van der Waals surface area (Å²) in [5.41, 5.74) is 5.56. The van der Waals surface area contributed by atoms with Gasteiger partial charge in [-0.05, 0) is 38.9 Å². The zero-order valence-electron chi connectivity index (χ0n) is 14.1. The van der Waals surface area contributed by atoms with Crippen LogP contribution in [0.4, 0.5) is 0 Å². The Kier molecular flexibility index (Phi) is 9.89. The molecular weight excluding hydrogens is 262 g/mol. The van der Waals surface area contributed by atoms with Gasteiger partial charge in [0.15, 0.2) is 0 Å². The van der Waals surface area contributed by atoms with Crippen molar-refractivity contribution in [3.05, 3.63) is 0 Å². The molecule has 1 aliphatic heterocycles. The SMILES string of the molecule is CC(C)C(=O)CCCCCCN1CCN(CCCN)CC1. The maximum atomic E-state index is 11.5. The van der Waals surface area contributed by atoms with Crippen molar-refractivity contribution in [1.82, 2.24) is 9.80 Å². The van der Waals surface area contributed by atoms with Gasteiger partial charge in [-0.1, -0.05) is 26.7 Å². The third kappa shape index (κ3) is 8.54. The Hall–Kier alpha value is -0.450. The van der Waals surface area contributed by atoms with Crippen LogP contribution >= 0.6 is 0 Å². The van der Waals surface area contributed by atoms with Gasteiger partial charge >= 0.3 is 0 Å². The van der Waals surface area contributed by atoms with Crippen molar-refractivity contribution >= 4 is 5.78 Å². The summed E-state index contributed by atoms with van der Waals surface area (Å²) in [6.07, 6.45) is 6.71. The number of carbonyl (C=O) groups excluding carboxylic acids is 1. The molecule has 0 aromatic rings. The molecule has 2 N–H and O–H groups in total. The van der Waals surface area contributed by atoms with Crippen molar-refractivity contribution in [2.75, 3.05) is 45.8 Å². The second-order valence-corrected chi connectivity index (χ2v) is 6.61. The minimum Gasteiger partial charge on any atom is -0.330 e. The zero-order valence-corrected chi connectivity index (χ0v) is 14.1. The summed E-state index contributed by atoms with van der Waals surface area (Å²) < 4.78 is 0. The molecule has 0 bridgehead atoms. The van der Waals surface area contributed by atoms with Crippen LogP contribution in [0.1, 0.15) is 52.4 Å². The molecule has 1 rings (SSSR count). The van der Waals surface area contributed by atoms with Crippen LogP contribution in [0.5, 0.6) is 0 Å². The topological polar surface area (TPSA) is 49.6 Å². The Morgan fingerprint density at radius 2 is 1.43 bits per heavy atom. The van der Waals surface area contributed by atoms with Gasteiger partial charge in [0, 0.05) is 38.5 Å². The number of nitrogens with zero attached hydrogens (tertiary/aromatic N) is 2. The van der Waals surface area contributed by atoms with Gasteiger partial charge in [0.05, 0.1) is 0 Å². The first-order valence-corrected chi connectivity index (χ1v) is 8.81. The van der Waals surface area contributed by atoms with Gasteiger partial charge in [0.25, 0.3) is 0 Å². The molecule has 0 spiro atoms. The van der Waals surface area contributed by atoms with E-state index in [1.165, 1.54) is 52.0 Å². The number of Topliss-reactive ketones (excluding diaryl/α,β-unsaturated/α-hetero) is 1. The molecule has 0 radical (unpaired) electrons. The quantitative estimate of drug-likeness (QED) is 0.594. The third-order valence-corrected chi connectivity index (χ3v) is 4.43. The molecule has 1 fully saturated rings. The predicted octanol–water partition coefficient (Wildman–Crippen LogP) is 2.13. The molecule has 4 nitrogen and oxygen atoms in total. The molecular formula is C17H35N3O. The average molecular weight is 297 g/mol. The van der Waals surface area contributed by atoms with E-state index < -0.39 is 0 Å². The van der Waals surface area contributed by atoms with E-state index in [-0.39, 0.29) is 5.92 Å². The van der Waals surface area contributed by atoms with Gasteiger partial charge < -0.3 is 15.5 Å². The van der Waals surface area contributed by atoms with E-state index in [0.29, 0.717) is 5.78 Å². The Morgan fingerprint density at radius 3 is 1.95 bits per heavy atom. The summed E-state index contributed by atoms with van der Waals surface area (Å²) >= 11 is 0. The number of nitrogens with two attached hydrogens (primary N) is 1. The second kappa shape index (κ2) is 11.2. The highest BCUT2D eigenvalue weighted by Crippen LogP contribution is 2.09. The van der Waals surface area contributed by atoms with E-state index in [1.807, 2.05) is 13.8 Å². The molecule has 1 aliphatic rings. The van der Waals surface area contributed by atoms with Gasteiger partial charge in [-0.3, -0.25) is 4.79 Å². The molecule has 0 aliphatic carbocycles. The fourth-order valence-electron chi connectivity index (χ4n) is 2.83. The summed E-state index contributed by atoms with van der Waals surface area (Å²) in [5.74, 6) is 0.629. The Bertz CT molecular complexity index is 273. The molecule has 1 saturated heterocycles. The lowest BCUT2D eigenvalue weighted by Crippen LogP contribution is -2.46. The fraction of sp³-hybridized carbons (Fsp3) is 0.941. The molecule has 21 heavy (non-hydrogen) atoms. The van der Waals surface area contributed by atoms with Gasteiger partial charge in [-0.25, -0.2) is 0 Å². The predicted molar refractivity (Wildman–Crippen MR) is 89.5 cm³/mol. The molecule has 0 unspecified atom stereocenters. The standard InChI is InChI=1S/C17H35N3O/c1-16(2)17(21)8-5-3-4-6-10-19-12-14-20(15-13-19)11-7-9-18/h16H,3-15,18H2,1-2H3. The number of rotatable bonds is 11. The van der Waals surface area contributed by atoms with E-state index in [0.717, 1.165) is 32.4 Å². The van der Waals surface area contributed by atoms with Crippen LogP contribution in [0.15, 0.2) is 0 Å². The number of ketones is 1. The van der Waals surface area contributed by atoms with Crippen molar-refractivity contribution in [3.63, 3.8) is 0 Å². The Balaban J connectivity index is 1.94. The summed E-state index contributed by atoms with van der Waals surface area (Å²) in [6, 6.07) is 0. The number of piperazine rings is 1. The van der Waals surface area contributed by atoms with E-state index >= 15 is 0 Å². The van der Waals surface area contributed by atoms with Crippen LogP contribution in [-0.4, -0.2) is 61.4 Å². The van der Waals surface area contributed by atoms with Crippen LogP contribution in [-0.2, 0) is 4.79 Å². The number of hydrogen-bond acceptors (Lipinski definition) is 4. The Labute approximate surface area is 131 Å². The lowest BCUT2D eigenvalue weighted by molar-refractivity contribution is -0.122. The summed E-state index contributed by atoms with van der Waals surface area (Å²) in [4.78, 5) is 16.6. The highest BCUT2D eigenvalue weighted by atomic mass is 16.1. The van der Waals surface area contributed by atoms with Gasteiger partial charge in [0.2, 0.25) is 0 Å². The summed E-state index contributed by atoms with van der Waals surface area (Å²) in [7, 11) is 0. The maximum Gasteiger partial charge on any atom is 0.135 e. The number of unbranched alkanes of at least 4 members (excludes halogenated alkanes) is 3. The van der Waals surface area contributed by atoms with E-state index in [2.05, 4.69) is 9.80 Å². The largest absolute Gasteiger partial charge is 0.330 e. The molecule has 0 amide bonds. The van der Waals surface area contributed by atoms with Crippen molar-refractivity contribution in [3.8, 4) is 0 Å². The second-order valence-electron chi connectivity index (χ2n) is 6.61. The number of hydrogen-bond donors (Lipinski definition) is 1. The van der Waals surface area contributed by atoms with Crippen molar-refractivity contribution in [2.45, 2.75) is 52.4 Å². The average Bonchev–Trinajstić information content (AvgIpc) is 2.49. The molecule has 4 heteroatoms. The molecule has 1 heterocycles. The fourth-order valence-corrected chi connectivity index (χ4v) is 2.83. The van der Waals surface area contributed by atoms with Crippen LogP contribution in [0.3, 0.4) is 0 Å². The monoisotopic (exact) mass is 297 g/mol. The smallest absolute Gasteiger partial charge is 0.135 e. The zero-order chi connectivity index (χ0) is 15.5. The molecule has 0 atom stereocenters. The van der Waals surface area contributed by atoms with Crippen LogP contribution < -0.4 is 5.73 Å².